The van der Waals surface area contributed by atoms with Gasteiger partial charge in [-0.3, -0.25) is 4.79 Å². The van der Waals surface area contributed by atoms with Gasteiger partial charge in [-0.2, -0.15) is 0 Å². The summed E-state index contributed by atoms with van der Waals surface area (Å²) in [6.07, 6.45) is -1.16. The van der Waals surface area contributed by atoms with E-state index in [1.54, 1.807) is 24.3 Å². The second-order valence-corrected chi connectivity index (χ2v) is 10.2. The number of carboxylic acids is 1. The molecule has 0 aliphatic heterocycles. The lowest BCUT2D eigenvalue weighted by Gasteiger charge is -2.23. The van der Waals surface area contributed by atoms with E-state index < -0.39 is 18.7 Å². The smallest absolute Gasteiger partial charge is 0.307 e. The van der Waals surface area contributed by atoms with Gasteiger partial charge in [0.15, 0.2) is 5.75 Å². The number of carboxylic acid groups (broad SMARTS) is 1. The highest BCUT2D eigenvalue weighted by atomic mass is 79.9. The lowest BCUT2D eigenvalue weighted by atomic mass is 9.94. The van der Waals surface area contributed by atoms with E-state index >= 15 is 0 Å². The summed E-state index contributed by atoms with van der Waals surface area (Å²) < 4.78 is 26.0. The monoisotopic (exact) mass is 608 g/mol. The number of carbonyl (C=O) groups is 1. The maximum atomic E-state index is 12.9. The van der Waals surface area contributed by atoms with Gasteiger partial charge in [0.2, 0.25) is 0 Å². The Hall–Kier alpha value is -2.42. The molecule has 0 saturated carbocycles. The van der Waals surface area contributed by atoms with Crippen molar-refractivity contribution < 1.29 is 28.9 Å². The third-order valence-corrected chi connectivity index (χ3v) is 6.55. The topological polar surface area (TPSA) is 76.0 Å². The van der Waals surface area contributed by atoms with Gasteiger partial charge < -0.3 is 19.7 Å². The molecule has 3 rings (SSSR count). The lowest BCUT2D eigenvalue weighted by Crippen LogP contribution is -2.08. The summed E-state index contributed by atoms with van der Waals surface area (Å²) in [4.78, 5) is 11.1. The number of hydrogen-bond acceptors (Lipinski definition) is 4. The molecule has 1 unspecified atom stereocenters. The van der Waals surface area contributed by atoms with Crippen molar-refractivity contribution in [1.82, 2.24) is 0 Å². The van der Waals surface area contributed by atoms with Gasteiger partial charge in [0.05, 0.1) is 15.4 Å². The lowest BCUT2D eigenvalue weighted by molar-refractivity contribution is -0.136. The van der Waals surface area contributed by atoms with Crippen LogP contribution in [0.25, 0.3) is 0 Å². The van der Waals surface area contributed by atoms with E-state index in [2.05, 4.69) is 31.9 Å². The van der Waals surface area contributed by atoms with Gasteiger partial charge in [-0.25, -0.2) is 4.39 Å². The zero-order valence-corrected chi connectivity index (χ0v) is 22.8. The fourth-order valence-corrected chi connectivity index (χ4v) is 5.18. The van der Waals surface area contributed by atoms with Crippen molar-refractivity contribution in [3.05, 3.63) is 85.3 Å². The Morgan fingerprint density at radius 1 is 1.03 bits per heavy atom. The summed E-state index contributed by atoms with van der Waals surface area (Å²) >= 11 is 6.96. The van der Waals surface area contributed by atoms with Crippen LogP contribution in [0.3, 0.4) is 0 Å². The maximum Gasteiger partial charge on any atom is 0.307 e. The molecule has 0 saturated heterocycles. The number of hydrogen-bond donors (Lipinski definition) is 2. The van der Waals surface area contributed by atoms with Gasteiger partial charge in [-0.05, 0) is 80.1 Å². The van der Waals surface area contributed by atoms with Crippen LogP contribution in [0.2, 0.25) is 0 Å². The molecule has 0 spiro atoms. The largest absolute Gasteiger partial charge is 0.491 e. The summed E-state index contributed by atoms with van der Waals surface area (Å²) in [5, 5.41) is 20.5. The van der Waals surface area contributed by atoms with Gasteiger partial charge in [0.1, 0.15) is 30.9 Å². The van der Waals surface area contributed by atoms with Crippen LogP contribution in [0.4, 0.5) is 4.39 Å². The van der Waals surface area contributed by atoms with Crippen LogP contribution in [-0.4, -0.2) is 29.5 Å². The fourth-order valence-electron chi connectivity index (χ4n) is 3.73. The number of aliphatic hydroxyl groups is 1. The van der Waals surface area contributed by atoms with Crippen molar-refractivity contribution in [1.29, 1.82) is 0 Å². The molecule has 0 aliphatic carbocycles. The fraction of sp³-hybridized carbons (Fsp3) is 0.296. The average molecular weight is 610 g/mol. The first-order valence-electron chi connectivity index (χ1n) is 11.1. The van der Waals surface area contributed by atoms with Crippen LogP contribution in [0.5, 0.6) is 17.2 Å². The second kappa shape index (κ2) is 12.0. The Morgan fingerprint density at radius 2 is 1.69 bits per heavy atom. The Morgan fingerprint density at radius 3 is 2.26 bits per heavy atom. The van der Waals surface area contributed by atoms with Crippen LogP contribution < -0.4 is 9.47 Å². The minimum atomic E-state index is -1.03. The highest BCUT2D eigenvalue weighted by molar-refractivity contribution is 9.11. The quantitative estimate of drug-likeness (QED) is 0.249. The van der Waals surface area contributed by atoms with Crippen LogP contribution in [0.1, 0.15) is 53.7 Å². The number of aryl methyl sites for hydroxylation is 1. The third kappa shape index (κ3) is 6.84. The van der Waals surface area contributed by atoms with Crippen molar-refractivity contribution >= 4 is 37.8 Å². The Balaban J connectivity index is 2.14. The molecular weight excluding hydrogens is 583 g/mol. The molecule has 8 heteroatoms. The van der Waals surface area contributed by atoms with Crippen molar-refractivity contribution in [2.24, 2.45) is 0 Å². The second-order valence-electron chi connectivity index (χ2n) is 8.50. The number of halogens is 3. The predicted molar refractivity (Wildman–Crippen MR) is 140 cm³/mol. The van der Waals surface area contributed by atoms with E-state index in [0.29, 0.717) is 42.9 Å². The molecule has 0 radical (unpaired) electrons. The molecule has 35 heavy (non-hydrogen) atoms. The third-order valence-electron chi connectivity index (χ3n) is 5.38. The van der Waals surface area contributed by atoms with Gasteiger partial charge in [0.25, 0.3) is 0 Å². The van der Waals surface area contributed by atoms with Gasteiger partial charge in [0, 0.05) is 11.1 Å². The molecule has 1 atom stereocenters. The highest BCUT2D eigenvalue weighted by Gasteiger charge is 2.23. The predicted octanol–water partition coefficient (Wildman–Crippen LogP) is 7.49. The van der Waals surface area contributed by atoms with E-state index in [1.807, 2.05) is 45.0 Å². The van der Waals surface area contributed by atoms with Crippen LogP contribution in [0, 0.1) is 6.92 Å². The normalized spacial score (nSPS) is 12.0. The molecule has 2 N–H and O–H groups in total. The van der Waals surface area contributed by atoms with Crippen molar-refractivity contribution in [3.63, 3.8) is 0 Å². The molecule has 5 nitrogen and oxygen atoms in total. The number of aliphatic hydroxyl groups excluding tert-OH is 1. The molecule has 0 amide bonds. The SMILES string of the molecule is Cc1cccc(C(O)c2cc(OCCF)c(C(C)C)cc2Oc2c(Br)cc(CC(=O)O)cc2Br)c1. The first-order chi connectivity index (χ1) is 16.6. The molecular formula is C27H27Br2FO5. The molecule has 0 aromatic heterocycles. The number of rotatable bonds is 10. The first-order valence-corrected chi connectivity index (χ1v) is 12.7. The molecule has 3 aromatic carbocycles. The molecule has 0 bridgehead atoms. The van der Waals surface area contributed by atoms with E-state index in [-0.39, 0.29) is 18.9 Å². The number of alkyl halides is 1. The Kier molecular flexibility index (Phi) is 9.33. The number of ether oxygens (including phenoxy) is 2. The van der Waals surface area contributed by atoms with Gasteiger partial charge in [-0.1, -0.05) is 43.7 Å². The molecule has 3 aromatic rings. The van der Waals surface area contributed by atoms with Crippen molar-refractivity contribution in [2.75, 3.05) is 13.3 Å². The van der Waals surface area contributed by atoms with Gasteiger partial charge >= 0.3 is 5.97 Å². The average Bonchev–Trinajstić information content (AvgIpc) is 2.79. The summed E-state index contributed by atoms with van der Waals surface area (Å²) in [6, 6.07) is 14.4. The number of aliphatic carboxylic acids is 1. The molecule has 0 fully saturated rings. The zero-order chi connectivity index (χ0) is 25.7. The minimum Gasteiger partial charge on any atom is -0.491 e. The van der Waals surface area contributed by atoms with Crippen molar-refractivity contribution in [3.8, 4) is 17.2 Å². The first kappa shape index (κ1) is 27.2. The van der Waals surface area contributed by atoms with Crippen molar-refractivity contribution in [2.45, 2.75) is 39.2 Å². The highest BCUT2D eigenvalue weighted by Crippen LogP contribution is 2.44. The van der Waals surface area contributed by atoms with E-state index in [4.69, 9.17) is 14.6 Å². The molecule has 0 aliphatic rings. The Labute approximate surface area is 221 Å². The maximum absolute atomic E-state index is 12.9. The van der Waals surface area contributed by atoms with Crippen LogP contribution in [-0.2, 0) is 11.2 Å². The summed E-state index contributed by atoms with van der Waals surface area (Å²) in [5.41, 5.74) is 3.54. The van der Waals surface area contributed by atoms with E-state index in [9.17, 15) is 14.3 Å². The summed E-state index contributed by atoms with van der Waals surface area (Å²) in [6.45, 7) is 5.20. The van der Waals surface area contributed by atoms with Gasteiger partial charge in [-0.15, -0.1) is 0 Å². The summed E-state index contributed by atoms with van der Waals surface area (Å²) in [7, 11) is 0. The molecule has 186 valence electrons. The zero-order valence-electron chi connectivity index (χ0n) is 19.6. The van der Waals surface area contributed by atoms with Crippen LogP contribution in [0.15, 0.2) is 57.5 Å². The summed E-state index contributed by atoms with van der Waals surface area (Å²) in [5.74, 6) is 0.432. The standard InChI is InChI=1S/C27H27Br2FO5/c1-15(2)19-13-24(35-27-21(28)10-17(11-22(27)29)12-25(31)32)20(14-23(19)34-8-7-30)26(33)18-6-4-5-16(3)9-18/h4-6,9-11,13-15,26,33H,7-8,12H2,1-3H3,(H,31,32). The molecule has 0 heterocycles. The van der Waals surface area contributed by atoms with E-state index in [1.165, 1.54) is 0 Å². The minimum absolute atomic E-state index is 0.0435. The Bertz CT molecular complexity index is 1190. The van der Waals surface area contributed by atoms with Crippen LogP contribution >= 0.6 is 31.9 Å². The number of benzene rings is 3. The van der Waals surface area contributed by atoms with E-state index in [0.717, 1.165) is 11.1 Å².